The summed E-state index contributed by atoms with van der Waals surface area (Å²) in [5, 5.41) is 0.939. The van der Waals surface area contributed by atoms with Crippen LogP contribution in [0, 0.1) is 26.2 Å². The van der Waals surface area contributed by atoms with Gasteiger partial charge >= 0.3 is 0 Å². The first-order valence-corrected chi connectivity index (χ1v) is 10.6. The van der Waals surface area contributed by atoms with Gasteiger partial charge in [0.05, 0.1) is 0 Å². The maximum atomic E-state index is 6.54. The number of hydrogen-bond acceptors (Lipinski definition) is 0. The highest BCUT2D eigenvalue weighted by molar-refractivity contribution is 6.32. The van der Waals surface area contributed by atoms with Gasteiger partial charge in [0.25, 0.3) is 0 Å². The highest BCUT2D eigenvalue weighted by Crippen LogP contribution is 2.39. The van der Waals surface area contributed by atoms with Crippen LogP contribution in [0.15, 0.2) is 36.9 Å². The molecule has 0 nitrogen and oxygen atoms in total. The van der Waals surface area contributed by atoms with Crippen LogP contribution in [0.1, 0.15) is 71.6 Å². The lowest BCUT2D eigenvalue weighted by atomic mass is 9.75. The summed E-state index contributed by atoms with van der Waals surface area (Å²) < 4.78 is 0. The zero-order valence-electron chi connectivity index (χ0n) is 17.6. The van der Waals surface area contributed by atoms with Gasteiger partial charge in [-0.15, -0.1) is 6.58 Å². The van der Waals surface area contributed by atoms with Gasteiger partial charge in [0.1, 0.15) is 0 Å². The second-order valence-corrected chi connectivity index (χ2v) is 9.42. The molecular formula is C26H33Cl. The molecule has 0 fully saturated rings. The van der Waals surface area contributed by atoms with Gasteiger partial charge in [-0.3, -0.25) is 0 Å². The average molecular weight is 381 g/mol. The summed E-state index contributed by atoms with van der Waals surface area (Å²) in [5.74, 6) is 0.579. The van der Waals surface area contributed by atoms with Gasteiger partial charge < -0.3 is 0 Å². The lowest BCUT2D eigenvalue weighted by Crippen LogP contribution is -2.17. The van der Waals surface area contributed by atoms with E-state index in [-0.39, 0.29) is 5.41 Å². The predicted molar refractivity (Wildman–Crippen MR) is 119 cm³/mol. The number of fused-ring (bicyclic) bond motifs is 1. The molecule has 0 spiro atoms. The Morgan fingerprint density at radius 1 is 1.11 bits per heavy atom. The fourth-order valence-electron chi connectivity index (χ4n) is 4.49. The third-order valence-corrected chi connectivity index (χ3v) is 7.19. The number of allylic oxidation sites excluding steroid dienone is 1. The number of benzene rings is 2. The van der Waals surface area contributed by atoms with Gasteiger partial charge in [-0.1, -0.05) is 55.8 Å². The second kappa shape index (κ2) is 7.84. The molecule has 0 aliphatic heterocycles. The van der Waals surface area contributed by atoms with Gasteiger partial charge in [-0.05, 0) is 103 Å². The van der Waals surface area contributed by atoms with Crippen molar-refractivity contribution in [2.45, 2.75) is 72.6 Å². The van der Waals surface area contributed by atoms with E-state index in [0.717, 1.165) is 24.3 Å². The smallest absolute Gasteiger partial charge is 0.0467 e. The average Bonchev–Trinajstić information content (AvgIpc) is 2.65. The molecule has 1 atom stereocenters. The minimum Gasteiger partial charge on any atom is -0.103 e. The molecule has 0 aromatic heterocycles. The summed E-state index contributed by atoms with van der Waals surface area (Å²) in [4.78, 5) is 0. The third kappa shape index (κ3) is 4.16. The normalized spacial score (nSPS) is 16.9. The van der Waals surface area contributed by atoms with Gasteiger partial charge in [-0.25, -0.2) is 0 Å². The third-order valence-electron chi connectivity index (χ3n) is 6.60. The van der Waals surface area contributed by atoms with Gasteiger partial charge in [0, 0.05) is 5.02 Å². The van der Waals surface area contributed by atoms with Crippen molar-refractivity contribution in [1.82, 2.24) is 0 Å². The molecule has 0 bridgehead atoms. The number of aryl methyl sites for hydroxylation is 2. The van der Waals surface area contributed by atoms with E-state index >= 15 is 0 Å². The van der Waals surface area contributed by atoms with Gasteiger partial charge in [0.2, 0.25) is 0 Å². The van der Waals surface area contributed by atoms with E-state index in [2.05, 4.69) is 71.5 Å². The topological polar surface area (TPSA) is 0 Å². The van der Waals surface area contributed by atoms with Crippen LogP contribution in [0.2, 0.25) is 5.02 Å². The van der Waals surface area contributed by atoms with Crippen LogP contribution in [-0.2, 0) is 19.3 Å². The Labute approximate surface area is 170 Å². The molecule has 2 aromatic carbocycles. The van der Waals surface area contributed by atoms with Crippen LogP contribution < -0.4 is 0 Å². The fraction of sp³-hybridized carbons (Fsp3) is 0.462. The zero-order valence-corrected chi connectivity index (χ0v) is 18.3. The molecule has 2 aromatic rings. The molecule has 1 aliphatic carbocycles. The summed E-state index contributed by atoms with van der Waals surface area (Å²) in [7, 11) is 0. The fourth-order valence-corrected chi connectivity index (χ4v) is 4.66. The van der Waals surface area contributed by atoms with E-state index in [1.54, 1.807) is 16.7 Å². The molecule has 1 aliphatic rings. The van der Waals surface area contributed by atoms with Gasteiger partial charge in [0.15, 0.2) is 0 Å². The number of halogens is 1. The molecule has 0 heterocycles. The quantitative estimate of drug-likeness (QED) is 0.466. The van der Waals surface area contributed by atoms with Crippen molar-refractivity contribution in [3.8, 4) is 0 Å². The standard InChI is InChI=1S/C26H33Cl/c1-7-26(5,6)15-14-22-17(2)8-10-21-16-20(11-13-24(21)22)23-12-9-18(3)25(27)19(23)4/h7-10,12,20H,1,11,13-16H2,2-6H3. The first kappa shape index (κ1) is 20.2. The molecule has 0 saturated carbocycles. The minimum atomic E-state index is 0.197. The number of rotatable bonds is 5. The number of hydrogen-bond donors (Lipinski definition) is 0. The van der Waals surface area contributed by atoms with Crippen molar-refractivity contribution in [3.63, 3.8) is 0 Å². The molecule has 0 saturated heterocycles. The van der Waals surface area contributed by atoms with Crippen LogP contribution in [0.5, 0.6) is 0 Å². The minimum absolute atomic E-state index is 0.197. The highest BCUT2D eigenvalue weighted by atomic mass is 35.5. The van der Waals surface area contributed by atoms with E-state index in [4.69, 9.17) is 11.6 Å². The molecule has 1 unspecified atom stereocenters. The van der Waals surface area contributed by atoms with E-state index in [0.29, 0.717) is 5.92 Å². The molecule has 0 amide bonds. The first-order valence-electron chi connectivity index (χ1n) is 10.2. The molecular weight excluding hydrogens is 348 g/mol. The molecule has 144 valence electrons. The van der Waals surface area contributed by atoms with Crippen LogP contribution >= 0.6 is 11.6 Å². The molecule has 0 N–H and O–H groups in total. The van der Waals surface area contributed by atoms with E-state index in [9.17, 15) is 0 Å². The van der Waals surface area contributed by atoms with Crippen molar-refractivity contribution < 1.29 is 0 Å². The Kier molecular flexibility index (Phi) is 5.87. The van der Waals surface area contributed by atoms with Gasteiger partial charge in [-0.2, -0.15) is 0 Å². The van der Waals surface area contributed by atoms with Crippen molar-refractivity contribution in [1.29, 1.82) is 0 Å². The van der Waals surface area contributed by atoms with Crippen molar-refractivity contribution in [3.05, 3.63) is 80.9 Å². The molecule has 27 heavy (non-hydrogen) atoms. The summed E-state index contributed by atoms with van der Waals surface area (Å²) in [6.45, 7) is 15.1. The van der Waals surface area contributed by atoms with E-state index < -0.39 is 0 Å². The van der Waals surface area contributed by atoms with Crippen molar-refractivity contribution in [2.24, 2.45) is 5.41 Å². The lowest BCUT2D eigenvalue weighted by Gasteiger charge is -2.30. The second-order valence-electron chi connectivity index (χ2n) is 9.04. The summed E-state index contributed by atoms with van der Waals surface area (Å²) >= 11 is 6.54. The van der Waals surface area contributed by atoms with Crippen molar-refractivity contribution >= 4 is 11.6 Å². The van der Waals surface area contributed by atoms with Crippen LogP contribution in [-0.4, -0.2) is 0 Å². The van der Waals surface area contributed by atoms with Crippen LogP contribution in [0.4, 0.5) is 0 Å². The Hall–Kier alpha value is -1.53. The summed E-state index contributed by atoms with van der Waals surface area (Å²) in [6, 6.07) is 9.17. The molecule has 1 heteroatoms. The molecule has 0 radical (unpaired) electrons. The van der Waals surface area contributed by atoms with Crippen LogP contribution in [0.25, 0.3) is 0 Å². The maximum Gasteiger partial charge on any atom is 0.0467 e. The maximum absolute atomic E-state index is 6.54. The zero-order chi connectivity index (χ0) is 19.8. The summed E-state index contributed by atoms with van der Waals surface area (Å²) in [6.07, 6.45) is 7.92. The van der Waals surface area contributed by atoms with Crippen molar-refractivity contribution in [2.75, 3.05) is 0 Å². The van der Waals surface area contributed by atoms with Crippen LogP contribution in [0.3, 0.4) is 0 Å². The van der Waals surface area contributed by atoms with E-state index in [1.807, 2.05) is 0 Å². The SMILES string of the molecule is C=CC(C)(C)CCc1c(C)ccc2c1CCC(c1ccc(C)c(Cl)c1C)C2. The highest BCUT2D eigenvalue weighted by Gasteiger charge is 2.25. The molecule has 3 rings (SSSR count). The largest absolute Gasteiger partial charge is 0.103 e. The monoisotopic (exact) mass is 380 g/mol. The predicted octanol–water partition coefficient (Wildman–Crippen LogP) is 7.68. The Morgan fingerprint density at radius 2 is 1.81 bits per heavy atom. The first-order chi connectivity index (χ1) is 12.7. The Bertz CT molecular complexity index is 857. The Balaban J connectivity index is 1.88. The Morgan fingerprint density at radius 3 is 2.52 bits per heavy atom. The summed E-state index contributed by atoms with van der Waals surface area (Å²) in [5.41, 5.74) is 10.3. The lowest BCUT2D eigenvalue weighted by molar-refractivity contribution is 0.437. The van der Waals surface area contributed by atoms with E-state index in [1.165, 1.54) is 35.1 Å².